The monoisotopic (exact) mass is 278 g/mol. The molecule has 3 N–H and O–H groups in total. The second-order valence-electron chi connectivity index (χ2n) is 4.53. The molecule has 110 valence electrons. The van der Waals surface area contributed by atoms with Crippen molar-refractivity contribution in [3.63, 3.8) is 0 Å². The molecule has 0 aliphatic carbocycles. The predicted octanol–water partition coefficient (Wildman–Crippen LogP) is 1.75. The van der Waals surface area contributed by atoms with Crippen LogP contribution in [0.3, 0.4) is 0 Å². The summed E-state index contributed by atoms with van der Waals surface area (Å²) in [5.41, 5.74) is 7.23. The lowest BCUT2D eigenvalue weighted by molar-refractivity contribution is -0.121. The highest BCUT2D eigenvalue weighted by Crippen LogP contribution is 2.14. The fraction of sp³-hybridized carbons (Fsp3) is 0.400. The summed E-state index contributed by atoms with van der Waals surface area (Å²) in [6.07, 6.45) is 0.301. The van der Waals surface area contributed by atoms with Crippen LogP contribution in [-0.2, 0) is 9.53 Å². The fourth-order valence-corrected chi connectivity index (χ4v) is 1.46. The standard InChI is InChI=1S/C15H22N2O3/c1-12(2)11-19-9-7-17-15(18)6-8-20-14-5-3-4-13(16)10-14/h3-5,10H,1,6-9,11,16H2,2H3,(H,17,18). The molecule has 1 amide bonds. The first-order valence-corrected chi connectivity index (χ1v) is 6.55. The maximum absolute atomic E-state index is 11.5. The quantitative estimate of drug-likeness (QED) is 0.410. The number of ether oxygens (including phenoxy) is 2. The van der Waals surface area contributed by atoms with Crippen LogP contribution in [0.25, 0.3) is 0 Å². The maximum Gasteiger partial charge on any atom is 0.223 e. The molecule has 0 fully saturated rings. The van der Waals surface area contributed by atoms with E-state index in [-0.39, 0.29) is 5.91 Å². The molecule has 0 spiro atoms. The van der Waals surface area contributed by atoms with Crippen LogP contribution < -0.4 is 15.8 Å². The number of hydrogen-bond acceptors (Lipinski definition) is 4. The number of amides is 1. The van der Waals surface area contributed by atoms with Crippen molar-refractivity contribution < 1.29 is 14.3 Å². The van der Waals surface area contributed by atoms with Crippen molar-refractivity contribution in [3.05, 3.63) is 36.4 Å². The molecule has 0 bridgehead atoms. The fourth-order valence-electron chi connectivity index (χ4n) is 1.46. The molecule has 0 aromatic heterocycles. The minimum atomic E-state index is -0.0622. The smallest absolute Gasteiger partial charge is 0.223 e. The van der Waals surface area contributed by atoms with E-state index >= 15 is 0 Å². The molecule has 5 nitrogen and oxygen atoms in total. The van der Waals surface area contributed by atoms with Gasteiger partial charge in [-0.05, 0) is 19.1 Å². The molecule has 1 aromatic carbocycles. The Morgan fingerprint density at radius 1 is 1.40 bits per heavy atom. The Labute approximate surface area is 119 Å². The van der Waals surface area contributed by atoms with E-state index in [0.29, 0.717) is 44.2 Å². The van der Waals surface area contributed by atoms with Crippen molar-refractivity contribution in [2.24, 2.45) is 0 Å². The Kier molecular flexibility index (Phi) is 7.21. The minimum Gasteiger partial charge on any atom is -0.493 e. The number of rotatable bonds is 9. The zero-order valence-electron chi connectivity index (χ0n) is 11.9. The van der Waals surface area contributed by atoms with Gasteiger partial charge in [0.1, 0.15) is 5.75 Å². The van der Waals surface area contributed by atoms with Gasteiger partial charge in [0.15, 0.2) is 0 Å². The first-order valence-electron chi connectivity index (χ1n) is 6.55. The van der Waals surface area contributed by atoms with E-state index in [0.717, 1.165) is 5.57 Å². The average molecular weight is 278 g/mol. The zero-order valence-corrected chi connectivity index (χ0v) is 11.9. The van der Waals surface area contributed by atoms with Crippen LogP contribution in [0.5, 0.6) is 5.75 Å². The van der Waals surface area contributed by atoms with Crippen molar-refractivity contribution in [2.75, 3.05) is 32.1 Å². The van der Waals surface area contributed by atoms with Gasteiger partial charge in [0.2, 0.25) is 5.91 Å². The second-order valence-corrected chi connectivity index (χ2v) is 4.53. The van der Waals surface area contributed by atoms with Crippen LogP contribution in [0.4, 0.5) is 5.69 Å². The number of anilines is 1. The van der Waals surface area contributed by atoms with Gasteiger partial charge in [0.05, 0.1) is 26.2 Å². The molecular formula is C15H22N2O3. The third kappa shape index (κ3) is 7.43. The van der Waals surface area contributed by atoms with Gasteiger partial charge < -0.3 is 20.5 Å². The van der Waals surface area contributed by atoms with Gasteiger partial charge >= 0.3 is 0 Å². The maximum atomic E-state index is 11.5. The van der Waals surface area contributed by atoms with E-state index < -0.39 is 0 Å². The molecule has 1 rings (SSSR count). The molecule has 20 heavy (non-hydrogen) atoms. The summed E-state index contributed by atoms with van der Waals surface area (Å²) in [5, 5.41) is 2.76. The predicted molar refractivity (Wildman–Crippen MR) is 79.6 cm³/mol. The van der Waals surface area contributed by atoms with Crippen LogP contribution in [0.2, 0.25) is 0 Å². The van der Waals surface area contributed by atoms with Crippen molar-refractivity contribution in [2.45, 2.75) is 13.3 Å². The lowest BCUT2D eigenvalue weighted by Crippen LogP contribution is -2.28. The average Bonchev–Trinajstić information content (AvgIpc) is 2.38. The van der Waals surface area contributed by atoms with Crippen molar-refractivity contribution in [1.29, 1.82) is 0 Å². The summed E-state index contributed by atoms with van der Waals surface area (Å²) < 4.78 is 10.7. The van der Waals surface area contributed by atoms with Gasteiger partial charge in [-0.1, -0.05) is 18.2 Å². The molecule has 0 aliphatic heterocycles. The summed E-state index contributed by atoms with van der Waals surface area (Å²) in [7, 11) is 0. The summed E-state index contributed by atoms with van der Waals surface area (Å²) >= 11 is 0. The molecule has 0 aliphatic rings. The number of carbonyl (C=O) groups excluding carboxylic acids is 1. The second kappa shape index (κ2) is 8.98. The molecular weight excluding hydrogens is 256 g/mol. The molecule has 1 aromatic rings. The molecule has 0 heterocycles. The van der Waals surface area contributed by atoms with E-state index in [2.05, 4.69) is 11.9 Å². The normalized spacial score (nSPS) is 10.1. The van der Waals surface area contributed by atoms with Crippen LogP contribution in [0, 0.1) is 0 Å². The van der Waals surface area contributed by atoms with E-state index in [4.69, 9.17) is 15.2 Å². The summed E-state index contributed by atoms with van der Waals surface area (Å²) in [4.78, 5) is 11.5. The third-order valence-corrected chi connectivity index (χ3v) is 2.37. The Bertz CT molecular complexity index is 446. The van der Waals surface area contributed by atoms with Gasteiger partial charge in [-0.3, -0.25) is 4.79 Å². The van der Waals surface area contributed by atoms with Crippen LogP contribution in [0.15, 0.2) is 36.4 Å². The van der Waals surface area contributed by atoms with Crippen LogP contribution >= 0.6 is 0 Å². The summed E-state index contributed by atoms with van der Waals surface area (Å²) in [6, 6.07) is 7.12. The Morgan fingerprint density at radius 3 is 2.90 bits per heavy atom. The van der Waals surface area contributed by atoms with E-state index in [9.17, 15) is 4.79 Å². The zero-order chi connectivity index (χ0) is 14.8. The number of hydrogen-bond donors (Lipinski definition) is 2. The van der Waals surface area contributed by atoms with Crippen LogP contribution in [-0.4, -0.2) is 32.3 Å². The lowest BCUT2D eigenvalue weighted by atomic mass is 10.3. The first-order chi connectivity index (χ1) is 9.58. The number of benzene rings is 1. The topological polar surface area (TPSA) is 73.6 Å². The van der Waals surface area contributed by atoms with E-state index in [1.165, 1.54) is 0 Å². The summed E-state index contributed by atoms with van der Waals surface area (Å²) in [6.45, 7) is 7.44. The number of nitrogen functional groups attached to an aromatic ring is 1. The minimum absolute atomic E-state index is 0.0622. The number of nitrogens with two attached hydrogens (primary N) is 1. The Morgan fingerprint density at radius 2 is 2.20 bits per heavy atom. The molecule has 0 atom stereocenters. The molecule has 0 unspecified atom stereocenters. The van der Waals surface area contributed by atoms with Gasteiger partial charge in [-0.2, -0.15) is 0 Å². The van der Waals surface area contributed by atoms with Crippen molar-refractivity contribution >= 4 is 11.6 Å². The van der Waals surface area contributed by atoms with Crippen molar-refractivity contribution in [1.82, 2.24) is 5.32 Å². The van der Waals surface area contributed by atoms with E-state index in [1.807, 2.05) is 13.0 Å². The largest absolute Gasteiger partial charge is 0.493 e. The Hall–Kier alpha value is -2.01. The molecule has 0 radical (unpaired) electrons. The highest BCUT2D eigenvalue weighted by molar-refractivity contribution is 5.75. The highest BCUT2D eigenvalue weighted by atomic mass is 16.5. The molecule has 0 saturated heterocycles. The Balaban J connectivity index is 2.07. The first kappa shape index (κ1) is 16.0. The van der Waals surface area contributed by atoms with Gasteiger partial charge in [-0.15, -0.1) is 0 Å². The van der Waals surface area contributed by atoms with E-state index in [1.54, 1.807) is 18.2 Å². The molecule has 5 heteroatoms. The highest BCUT2D eigenvalue weighted by Gasteiger charge is 2.01. The molecule has 0 saturated carbocycles. The van der Waals surface area contributed by atoms with Gasteiger partial charge in [0.25, 0.3) is 0 Å². The van der Waals surface area contributed by atoms with Gasteiger partial charge in [-0.25, -0.2) is 0 Å². The van der Waals surface area contributed by atoms with Crippen molar-refractivity contribution in [3.8, 4) is 5.75 Å². The van der Waals surface area contributed by atoms with Gasteiger partial charge in [0, 0.05) is 18.3 Å². The number of nitrogens with one attached hydrogen (secondary N) is 1. The number of carbonyl (C=O) groups is 1. The summed E-state index contributed by atoms with van der Waals surface area (Å²) in [5.74, 6) is 0.607. The third-order valence-electron chi connectivity index (χ3n) is 2.37. The van der Waals surface area contributed by atoms with Crippen LogP contribution in [0.1, 0.15) is 13.3 Å². The lowest BCUT2D eigenvalue weighted by Gasteiger charge is -2.08. The SMILES string of the molecule is C=C(C)COCCNC(=O)CCOc1cccc(N)c1.